The van der Waals surface area contributed by atoms with Crippen molar-refractivity contribution in [3.63, 3.8) is 0 Å². The lowest BCUT2D eigenvalue weighted by Gasteiger charge is -2.57. The highest BCUT2D eigenvalue weighted by Gasteiger charge is 2.64. The third kappa shape index (κ3) is 5.07. The Morgan fingerprint density at radius 1 is 0.867 bits per heavy atom. The minimum absolute atomic E-state index is 0.0701. The Balaban J connectivity index is 1.18. The van der Waals surface area contributed by atoms with Gasteiger partial charge >= 0.3 is 0 Å². The van der Waals surface area contributed by atoms with E-state index in [0.717, 1.165) is 69.3 Å². The van der Waals surface area contributed by atoms with Gasteiger partial charge in [-0.25, -0.2) is 0 Å². The molecule has 7 atom stereocenters. The summed E-state index contributed by atoms with van der Waals surface area (Å²) >= 11 is 0. The van der Waals surface area contributed by atoms with E-state index in [0.29, 0.717) is 44.3 Å². The van der Waals surface area contributed by atoms with Gasteiger partial charge in [0.25, 0.3) is 0 Å². The van der Waals surface area contributed by atoms with Gasteiger partial charge in [-0.3, -0.25) is 0 Å². The predicted octanol–water partition coefficient (Wildman–Crippen LogP) is 6.64. The second-order valence-corrected chi connectivity index (χ2v) is 14.7. The van der Waals surface area contributed by atoms with Crippen molar-refractivity contribution in [2.45, 2.75) is 107 Å². The fraction of sp³-hybridized carbons (Fsp3) is 0.590. The second kappa shape index (κ2) is 11.2. The first kappa shape index (κ1) is 29.7. The van der Waals surface area contributed by atoms with Gasteiger partial charge in [0.2, 0.25) is 0 Å². The Bertz CT molecular complexity index is 1490. The highest BCUT2D eigenvalue weighted by atomic mass is 16.7. The van der Waals surface area contributed by atoms with Gasteiger partial charge in [-0.15, -0.1) is 0 Å². The topological polar surface area (TPSA) is 77.4 Å². The number of hydrogen-bond acceptors (Lipinski definition) is 6. The molecule has 0 bridgehead atoms. The van der Waals surface area contributed by atoms with E-state index < -0.39 is 17.0 Å². The van der Waals surface area contributed by atoms with E-state index in [-0.39, 0.29) is 17.6 Å². The quantitative estimate of drug-likeness (QED) is 0.300. The zero-order valence-corrected chi connectivity index (χ0v) is 26.4. The van der Waals surface area contributed by atoms with E-state index in [1.807, 2.05) is 30.3 Å². The lowest BCUT2D eigenvalue weighted by atomic mass is 9.49. The lowest BCUT2D eigenvalue weighted by molar-refractivity contribution is -0.208. The number of aliphatic hydroxyl groups is 2. The molecule has 238 valence electrons. The first-order valence-electron chi connectivity index (χ1n) is 17.2. The van der Waals surface area contributed by atoms with E-state index >= 15 is 0 Å². The largest absolute Gasteiger partial charge is 0.465 e. The molecule has 8 rings (SSSR count). The van der Waals surface area contributed by atoms with Crippen molar-refractivity contribution in [3.05, 3.63) is 76.9 Å². The van der Waals surface area contributed by atoms with Crippen LogP contribution in [0.15, 0.2) is 65.7 Å². The Labute approximate surface area is 267 Å². The Hall–Kier alpha value is -2.66. The molecule has 2 saturated heterocycles. The highest BCUT2D eigenvalue weighted by Crippen LogP contribution is 2.68. The summed E-state index contributed by atoms with van der Waals surface area (Å²) in [5, 5.41) is 24.7. The van der Waals surface area contributed by atoms with Crippen molar-refractivity contribution >= 4 is 0 Å². The van der Waals surface area contributed by atoms with Crippen LogP contribution < -0.4 is 4.74 Å². The summed E-state index contributed by atoms with van der Waals surface area (Å²) in [5.41, 5.74) is 2.36. The standard InChI is InChI=1S/C39H46O6/c1-36-25-31(28-10-12-29(13-11-28)45-34-9-5-6-22-42-34)35-30(15-18-37(40)26-39(21-17-33(35)37)43-23-24-44-39)32(36)16-20-38(36,41)19-14-27-7-3-2-4-8-27/h2-4,7-8,10-13,30-32,34,40-41H,5-6,9,15-18,20-26H2,1H3/t30-,31+,32-,34?,36-,37+,38-/m0/s1. The summed E-state index contributed by atoms with van der Waals surface area (Å²) in [5.74, 6) is 7.56. The molecule has 0 radical (unpaired) electrons. The van der Waals surface area contributed by atoms with Gasteiger partial charge in [-0.05, 0) is 98.6 Å². The fourth-order valence-electron chi connectivity index (χ4n) is 9.95. The van der Waals surface area contributed by atoms with Crippen molar-refractivity contribution < 1.29 is 29.2 Å². The predicted molar refractivity (Wildman–Crippen MR) is 170 cm³/mol. The Kier molecular flexibility index (Phi) is 7.43. The number of rotatable bonds is 3. The highest BCUT2D eigenvalue weighted by molar-refractivity contribution is 5.46. The molecule has 2 aromatic carbocycles. The zero-order valence-electron chi connectivity index (χ0n) is 26.4. The van der Waals surface area contributed by atoms with Crippen LogP contribution in [0.5, 0.6) is 5.75 Å². The van der Waals surface area contributed by atoms with Gasteiger partial charge in [0.15, 0.2) is 12.1 Å². The monoisotopic (exact) mass is 610 g/mol. The van der Waals surface area contributed by atoms with Crippen LogP contribution in [0.3, 0.4) is 0 Å². The van der Waals surface area contributed by atoms with Gasteiger partial charge in [-0.2, -0.15) is 0 Å². The zero-order chi connectivity index (χ0) is 30.7. The Morgan fingerprint density at radius 2 is 1.67 bits per heavy atom. The summed E-state index contributed by atoms with van der Waals surface area (Å²) in [7, 11) is 0. The van der Waals surface area contributed by atoms with Gasteiger partial charge in [0.05, 0.1) is 25.4 Å². The van der Waals surface area contributed by atoms with Crippen molar-refractivity contribution in [2.75, 3.05) is 19.8 Å². The summed E-state index contributed by atoms with van der Waals surface area (Å²) < 4.78 is 24.3. The molecule has 6 heteroatoms. The van der Waals surface area contributed by atoms with Gasteiger partial charge < -0.3 is 29.2 Å². The van der Waals surface area contributed by atoms with E-state index in [1.54, 1.807) is 0 Å². The molecular weight excluding hydrogens is 564 g/mol. The van der Waals surface area contributed by atoms with Crippen molar-refractivity contribution in [3.8, 4) is 17.6 Å². The number of benzene rings is 2. The molecule has 3 saturated carbocycles. The normalized spacial score (nSPS) is 38.6. The molecule has 5 fully saturated rings. The number of hydrogen-bond donors (Lipinski definition) is 2. The van der Waals surface area contributed by atoms with Crippen molar-refractivity contribution in [1.29, 1.82) is 0 Å². The van der Waals surface area contributed by atoms with Crippen LogP contribution in [-0.4, -0.2) is 53.3 Å². The molecule has 45 heavy (non-hydrogen) atoms. The van der Waals surface area contributed by atoms with Crippen LogP contribution in [0.1, 0.15) is 94.6 Å². The van der Waals surface area contributed by atoms with Crippen molar-refractivity contribution in [1.82, 2.24) is 0 Å². The maximum Gasteiger partial charge on any atom is 0.199 e. The molecule has 2 aromatic rings. The maximum atomic E-state index is 12.4. The fourth-order valence-corrected chi connectivity index (χ4v) is 9.95. The molecule has 2 heterocycles. The number of ether oxygens (including phenoxy) is 4. The molecule has 4 aliphatic carbocycles. The first-order chi connectivity index (χ1) is 21.8. The SMILES string of the molecule is C[C@]12C[C@H](c3ccc(OC4CCCCO4)cc3)C3=C4CCC5(C[C@]4(O)CC[C@H]3[C@@H]1CC[C@@]2(O)C#Cc1ccccc1)OCCO5. The van der Waals surface area contributed by atoms with E-state index in [2.05, 4.69) is 43.0 Å². The molecule has 0 aromatic heterocycles. The minimum Gasteiger partial charge on any atom is -0.465 e. The summed E-state index contributed by atoms with van der Waals surface area (Å²) in [6.07, 6.45) is 8.98. The molecule has 1 spiro atoms. The van der Waals surface area contributed by atoms with Gasteiger partial charge in [-0.1, -0.05) is 54.7 Å². The summed E-state index contributed by atoms with van der Waals surface area (Å²) in [6.45, 7) is 4.22. The van der Waals surface area contributed by atoms with E-state index in [9.17, 15) is 10.2 Å². The molecular formula is C39H46O6. The Morgan fingerprint density at radius 3 is 2.42 bits per heavy atom. The van der Waals surface area contributed by atoms with Crippen LogP contribution >= 0.6 is 0 Å². The molecule has 6 aliphatic rings. The average molecular weight is 611 g/mol. The molecule has 6 nitrogen and oxygen atoms in total. The van der Waals surface area contributed by atoms with Crippen LogP contribution in [0.2, 0.25) is 0 Å². The average Bonchev–Trinajstić information content (AvgIpc) is 3.61. The van der Waals surface area contributed by atoms with Crippen molar-refractivity contribution in [2.24, 2.45) is 17.3 Å². The maximum absolute atomic E-state index is 12.4. The molecule has 1 unspecified atom stereocenters. The van der Waals surface area contributed by atoms with Crippen LogP contribution in [0, 0.1) is 29.1 Å². The first-order valence-corrected chi connectivity index (χ1v) is 17.2. The number of allylic oxidation sites excluding steroid dienone is 1. The number of fused-ring (bicyclic) bond motifs is 4. The third-order valence-electron chi connectivity index (χ3n) is 12.3. The van der Waals surface area contributed by atoms with Gasteiger partial charge in [0.1, 0.15) is 11.4 Å². The minimum atomic E-state index is -1.08. The molecule has 0 amide bonds. The smallest absolute Gasteiger partial charge is 0.199 e. The van der Waals surface area contributed by atoms with Crippen LogP contribution in [-0.2, 0) is 14.2 Å². The summed E-state index contributed by atoms with van der Waals surface area (Å²) in [4.78, 5) is 0. The third-order valence-corrected chi connectivity index (χ3v) is 12.3. The van der Waals surface area contributed by atoms with Crippen LogP contribution in [0.4, 0.5) is 0 Å². The lowest BCUT2D eigenvalue weighted by Crippen LogP contribution is -2.55. The van der Waals surface area contributed by atoms with Crippen LogP contribution in [0.25, 0.3) is 0 Å². The van der Waals surface area contributed by atoms with E-state index in [1.165, 1.54) is 16.7 Å². The van der Waals surface area contributed by atoms with Gasteiger partial charge in [0, 0.05) is 36.2 Å². The summed E-state index contributed by atoms with van der Waals surface area (Å²) in [6, 6.07) is 18.5. The van der Waals surface area contributed by atoms with E-state index in [4.69, 9.17) is 18.9 Å². The molecule has 2 aliphatic heterocycles. The molecule has 2 N–H and O–H groups in total. The second-order valence-electron chi connectivity index (χ2n) is 14.7.